The second kappa shape index (κ2) is 10.5. The number of nitrogens with zero attached hydrogens (tertiary/aromatic N) is 2. The lowest BCUT2D eigenvalue weighted by Crippen LogP contribution is -2.55. The molecule has 0 atom stereocenters. The van der Waals surface area contributed by atoms with E-state index in [4.69, 9.17) is 0 Å². The van der Waals surface area contributed by atoms with Crippen molar-refractivity contribution in [3.63, 3.8) is 0 Å². The summed E-state index contributed by atoms with van der Waals surface area (Å²) in [5, 5.41) is 24.2. The monoisotopic (exact) mass is 592 g/mol. The normalized spacial score (nSPS) is 26.3. The largest absolute Gasteiger partial charge is 0.313 e. The van der Waals surface area contributed by atoms with E-state index in [-0.39, 0.29) is 16.9 Å². The predicted molar refractivity (Wildman–Crippen MR) is 172 cm³/mol. The van der Waals surface area contributed by atoms with E-state index in [2.05, 4.69) is 76.3 Å². The van der Waals surface area contributed by atoms with Crippen LogP contribution in [0.3, 0.4) is 0 Å². The molecule has 2 N–H and O–H groups in total. The van der Waals surface area contributed by atoms with Crippen molar-refractivity contribution in [1.82, 2.24) is 10.1 Å². The topological polar surface area (TPSA) is 64.0 Å². The Morgan fingerprint density at radius 2 is 1.07 bits per heavy atom. The van der Waals surface area contributed by atoms with Crippen LogP contribution < -0.4 is 0 Å². The number of carbonyl (C=O) groups excluding carboxylic acids is 1. The Hall–Kier alpha value is -2.13. The van der Waals surface area contributed by atoms with Crippen LogP contribution in [0.25, 0.3) is 23.3 Å². The van der Waals surface area contributed by atoms with Gasteiger partial charge in [0.05, 0.1) is 11.1 Å². The number of Topliss-reactive ketones (excluding diaryl/α,β-unsaturated/α-hetero) is 1. The highest BCUT2D eigenvalue weighted by molar-refractivity contribution is 7.14. The molecule has 1 aliphatic carbocycles. The molecule has 0 saturated heterocycles. The highest BCUT2D eigenvalue weighted by Crippen LogP contribution is 2.43. The molecule has 5 rings (SSSR count). The maximum atomic E-state index is 13.5. The number of hydrogen-bond donors (Lipinski definition) is 2. The summed E-state index contributed by atoms with van der Waals surface area (Å²) in [6, 6.07) is 8.53. The number of thiophene rings is 2. The molecule has 220 valence electrons. The molecule has 2 aliphatic heterocycles. The first-order chi connectivity index (χ1) is 19.0. The van der Waals surface area contributed by atoms with Crippen molar-refractivity contribution in [2.24, 2.45) is 0 Å². The van der Waals surface area contributed by atoms with Crippen LogP contribution >= 0.6 is 22.7 Å². The molecule has 0 spiro atoms. The highest BCUT2D eigenvalue weighted by Gasteiger charge is 2.42. The zero-order valence-corrected chi connectivity index (χ0v) is 27.3. The van der Waals surface area contributed by atoms with Crippen molar-refractivity contribution in [2.45, 2.75) is 110 Å². The van der Waals surface area contributed by atoms with Crippen LogP contribution in [-0.2, 0) is 4.79 Å². The smallest absolute Gasteiger partial charge is 0.185 e. The van der Waals surface area contributed by atoms with E-state index in [0.717, 1.165) is 53.0 Å². The predicted octanol–water partition coefficient (Wildman–Crippen LogP) is 9.10. The van der Waals surface area contributed by atoms with Gasteiger partial charge in [-0.05, 0) is 135 Å². The molecular weight excluding hydrogens is 549 g/mol. The van der Waals surface area contributed by atoms with Crippen LogP contribution in [0, 0.1) is 0 Å². The van der Waals surface area contributed by atoms with Crippen LogP contribution in [0.15, 0.2) is 47.6 Å². The lowest BCUT2D eigenvalue weighted by molar-refractivity contribution is -0.211. The van der Waals surface area contributed by atoms with Gasteiger partial charge in [-0.2, -0.15) is 10.1 Å². The SMILES string of the molecule is CC1(C)C=C(c2ccc(/C=C3\CCC/C(=C\c4ccc(C5=CC(C)(C)N(O)C(C)(C)C5)s4)C3=O)s2)CC(C)(C)N1O. The average Bonchev–Trinajstić information content (AvgIpc) is 3.53. The summed E-state index contributed by atoms with van der Waals surface area (Å²) in [5.74, 6) is 0.159. The third kappa shape index (κ3) is 6.03. The minimum Gasteiger partial charge on any atom is -0.313 e. The van der Waals surface area contributed by atoms with Crippen LogP contribution in [0.1, 0.15) is 107 Å². The standard InChI is InChI=1S/C34H44N2O3S2/c1-31(2)18-24(19-32(3,4)35(31)38)28-14-12-26(40-28)16-22-10-9-11-23(30(22)37)17-27-13-15-29(41-27)25-20-33(5,6)36(39)34(7,8)21-25/h12-18,20,38-39H,9-11,19,21H2,1-8H3/b22-16+,23-17+. The fourth-order valence-corrected chi connectivity index (χ4v) is 8.74. The van der Waals surface area contributed by atoms with Gasteiger partial charge in [0.1, 0.15) is 0 Å². The van der Waals surface area contributed by atoms with Crippen LogP contribution in [0.2, 0.25) is 0 Å². The quantitative estimate of drug-likeness (QED) is 0.347. The summed E-state index contributed by atoms with van der Waals surface area (Å²) in [5.41, 5.74) is 2.67. The summed E-state index contributed by atoms with van der Waals surface area (Å²) < 4.78 is 0. The van der Waals surface area contributed by atoms with Crippen LogP contribution in [-0.4, -0.2) is 48.5 Å². The lowest BCUT2D eigenvalue weighted by Gasteiger charge is -2.47. The maximum absolute atomic E-state index is 13.5. The molecule has 0 bridgehead atoms. The molecule has 0 aromatic carbocycles. The van der Waals surface area contributed by atoms with E-state index < -0.39 is 11.1 Å². The summed E-state index contributed by atoms with van der Waals surface area (Å²) in [6.07, 6.45) is 12.6. The van der Waals surface area contributed by atoms with E-state index in [1.54, 1.807) is 22.7 Å². The molecule has 0 unspecified atom stereocenters. The molecule has 4 heterocycles. The maximum Gasteiger partial charge on any atom is 0.185 e. The van der Waals surface area contributed by atoms with Crippen LogP contribution in [0.5, 0.6) is 0 Å². The van der Waals surface area contributed by atoms with Gasteiger partial charge in [0, 0.05) is 41.7 Å². The number of hydrogen-bond acceptors (Lipinski definition) is 7. The zero-order chi connectivity index (χ0) is 30.0. The van der Waals surface area contributed by atoms with Gasteiger partial charge >= 0.3 is 0 Å². The average molecular weight is 593 g/mol. The first-order valence-electron chi connectivity index (χ1n) is 14.6. The van der Waals surface area contributed by atoms with Gasteiger partial charge < -0.3 is 10.4 Å². The van der Waals surface area contributed by atoms with E-state index in [1.807, 2.05) is 27.7 Å². The molecule has 41 heavy (non-hydrogen) atoms. The molecule has 1 fully saturated rings. The number of hydroxylamine groups is 4. The molecule has 7 heteroatoms. The van der Waals surface area contributed by atoms with Crippen molar-refractivity contribution in [1.29, 1.82) is 0 Å². The number of carbonyl (C=O) groups is 1. The molecule has 0 amide bonds. The second-order valence-corrected chi connectivity index (χ2v) is 16.4. The fourth-order valence-electron chi connectivity index (χ4n) is 6.76. The van der Waals surface area contributed by atoms with Gasteiger partial charge in [0.15, 0.2) is 5.78 Å². The van der Waals surface area contributed by atoms with Crippen molar-refractivity contribution >= 4 is 51.8 Å². The minimum absolute atomic E-state index is 0.159. The Labute approximate surface area is 253 Å². The van der Waals surface area contributed by atoms with E-state index >= 15 is 0 Å². The van der Waals surface area contributed by atoms with Crippen molar-refractivity contribution < 1.29 is 15.2 Å². The summed E-state index contributed by atoms with van der Waals surface area (Å²) in [6.45, 7) is 16.4. The summed E-state index contributed by atoms with van der Waals surface area (Å²) in [4.78, 5) is 18.1. The van der Waals surface area contributed by atoms with Gasteiger partial charge in [-0.1, -0.05) is 12.2 Å². The Morgan fingerprint density at radius 3 is 1.44 bits per heavy atom. The molecule has 2 aromatic rings. The van der Waals surface area contributed by atoms with Gasteiger partial charge in [-0.3, -0.25) is 4.79 Å². The van der Waals surface area contributed by atoms with E-state index in [1.165, 1.54) is 31.0 Å². The minimum atomic E-state index is -0.445. The number of rotatable bonds is 4. The third-order valence-electron chi connectivity index (χ3n) is 8.53. The molecular formula is C34H44N2O3S2. The van der Waals surface area contributed by atoms with Gasteiger partial charge in [-0.25, -0.2) is 0 Å². The Balaban J connectivity index is 1.35. The van der Waals surface area contributed by atoms with Gasteiger partial charge in [0.2, 0.25) is 0 Å². The molecule has 2 aromatic heterocycles. The van der Waals surface area contributed by atoms with Crippen molar-refractivity contribution in [2.75, 3.05) is 0 Å². The second-order valence-electron chi connectivity index (χ2n) is 14.2. The Bertz CT molecular complexity index is 1370. The van der Waals surface area contributed by atoms with E-state index in [0.29, 0.717) is 0 Å². The molecule has 1 saturated carbocycles. The third-order valence-corrected chi connectivity index (χ3v) is 10.8. The lowest BCUT2D eigenvalue weighted by atomic mass is 9.82. The number of allylic oxidation sites excluding steroid dienone is 2. The van der Waals surface area contributed by atoms with Crippen LogP contribution in [0.4, 0.5) is 0 Å². The summed E-state index contributed by atoms with van der Waals surface area (Å²) in [7, 11) is 0. The van der Waals surface area contributed by atoms with Gasteiger partial charge in [-0.15, -0.1) is 22.7 Å². The Kier molecular flexibility index (Phi) is 7.80. The molecule has 5 nitrogen and oxygen atoms in total. The molecule has 3 aliphatic rings. The first-order valence-corrected chi connectivity index (χ1v) is 16.2. The van der Waals surface area contributed by atoms with Crippen molar-refractivity contribution in [3.8, 4) is 0 Å². The first kappa shape index (κ1) is 30.3. The van der Waals surface area contributed by atoms with E-state index in [9.17, 15) is 15.2 Å². The Morgan fingerprint density at radius 1 is 0.683 bits per heavy atom. The molecule has 0 radical (unpaired) electrons. The zero-order valence-electron chi connectivity index (χ0n) is 25.7. The number of ketones is 1. The van der Waals surface area contributed by atoms with Gasteiger partial charge in [0.25, 0.3) is 0 Å². The highest BCUT2D eigenvalue weighted by atomic mass is 32.1. The van der Waals surface area contributed by atoms with Crippen molar-refractivity contribution in [3.05, 3.63) is 67.1 Å². The summed E-state index contributed by atoms with van der Waals surface area (Å²) >= 11 is 3.44. The fraction of sp³-hybridized carbons (Fsp3) is 0.500.